The topological polar surface area (TPSA) is 58.6 Å². The van der Waals surface area contributed by atoms with Crippen LogP contribution in [0.5, 0.6) is 0 Å². The van der Waals surface area contributed by atoms with E-state index < -0.39 is 6.09 Å². The molecule has 1 heterocycles. The number of likely N-dealkylation sites (tertiary alicyclic amines) is 1. The van der Waals surface area contributed by atoms with Crippen LogP contribution in [0.15, 0.2) is 0 Å². The van der Waals surface area contributed by atoms with Crippen LogP contribution >= 0.6 is 0 Å². The molecule has 1 rings (SSSR count). The molecule has 80 valence electrons. The Hall–Kier alpha value is -1.26. The number of nitrogens with zero attached hydrogens (tertiary/aromatic N) is 1. The number of hydrogen-bond donors (Lipinski definition) is 1. The Kier molecular flexibility index (Phi) is 3.73. The predicted octanol–water partition coefficient (Wildman–Crippen LogP) is 0.353. The molecule has 5 heteroatoms. The number of carbonyl (C=O) groups is 2. The second-order valence-electron chi connectivity index (χ2n) is 3.36. The standard InChI is InChI=1S/C9H16N2O3/c1-7(12)11-5-3-8(4-6-11)14-9(13)10-2/h8H,3-6H2,1-2H3,(H,10,13). The van der Waals surface area contributed by atoms with Gasteiger partial charge in [-0.3, -0.25) is 4.79 Å². The van der Waals surface area contributed by atoms with Gasteiger partial charge >= 0.3 is 6.09 Å². The van der Waals surface area contributed by atoms with Gasteiger partial charge in [-0.25, -0.2) is 4.79 Å². The number of ether oxygens (including phenoxy) is 1. The maximum Gasteiger partial charge on any atom is 0.407 e. The molecule has 0 aromatic heterocycles. The smallest absolute Gasteiger partial charge is 0.407 e. The Morgan fingerprint density at radius 3 is 2.36 bits per heavy atom. The lowest BCUT2D eigenvalue weighted by molar-refractivity contribution is -0.130. The highest BCUT2D eigenvalue weighted by molar-refractivity contribution is 5.73. The lowest BCUT2D eigenvalue weighted by Crippen LogP contribution is -2.41. The van der Waals surface area contributed by atoms with Crippen LogP contribution in [0.2, 0.25) is 0 Å². The summed E-state index contributed by atoms with van der Waals surface area (Å²) in [7, 11) is 1.53. The summed E-state index contributed by atoms with van der Waals surface area (Å²) in [6.07, 6.45) is 1.01. The van der Waals surface area contributed by atoms with Crippen molar-refractivity contribution >= 4 is 12.0 Å². The Morgan fingerprint density at radius 1 is 1.36 bits per heavy atom. The van der Waals surface area contributed by atoms with Crippen LogP contribution in [-0.4, -0.2) is 43.1 Å². The highest BCUT2D eigenvalue weighted by Gasteiger charge is 2.22. The largest absolute Gasteiger partial charge is 0.446 e. The van der Waals surface area contributed by atoms with Gasteiger partial charge in [-0.05, 0) is 0 Å². The molecule has 0 atom stereocenters. The summed E-state index contributed by atoms with van der Waals surface area (Å²) in [6.45, 7) is 2.91. The Labute approximate surface area is 83.4 Å². The first-order valence-electron chi connectivity index (χ1n) is 4.77. The number of rotatable bonds is 1. The zero-order chi connectivity index (χ0) is 10.6. The minimum Gasteiger partial charge on any atom is -0.446 e. The average molecular weight is 200 g/mol. The van der Waals surface area contributed by atoms with Gasteiger partial charge in [-0.15, -0.1) is 0 Å². The zero-order valence-corrected chi connectivity index (χ0v) is 8.58. The van der Waals surface area contributed by atoms with Crippen molar-refractivity contribution in [3.05, 3.63) is 0 Å². The van der Waals surface area contributed by atoms with Crippen molar-refractivity contribution in [2.24, 2.45) is 0 Å². The van der Waals surface area contributed by atoms with Gasteiger partial charge < -0.3 is 15.0 Å². The molecule has 1 N–H and O–H groups in total. The second kappa shape index (κ2) is 4.83. The number of alkyl carbamates (subject to hydrolysis) is 1. The molecule has 0 aliphatic carbocycles. The van der Waals surface area contributed by atoms with Crippen molar-refractivity contribution in [1.29, 1.82) is 0 Å². The highest BCUT2D eigenvalue weighted by Crippen LogP contribution is 2.13. The molecular formula is C9H16N2O3. The molecule has 0 saturated carbocycles. The van der Waals surface area contributed by atoms with E-state index >= 15 is 0 Å². The molecule has 0 aromatic carbocycles. The van der Waals surface area contributed by atoms with Gasteiger partial charge in [-0.2, -0.15) is 0 Å². The normalized spacial score (nSPS) is 17.7. The fourth-order valence-corrected chi connectivity index (χ4v) is 1.50. The third kappa shape index (κ3) is 2.90. The Balaban J connectivity index is 2.29. The summed E-state index contributed by atoms with van der Waals surface area (Å²) in [5.74, 6) is 0.0865. The number of amides is 2. The molecular weight excluding hydrogens is 184 g/mol. The molecule has 1 fully saturated rings. The van der Waals surface area contributed by atoms with E-state index in [1.165, 1.54) is 7.05 Å². The van der Waals surface area contributed by atoms with Crippen molar-refractivity contribution < 1.29 is 14.3 Å². The van der Waals surface area contributed by atoms with Gasteiger partial charge in [0.1, 0.15) is 6.10 Å². The minimum absolute atomic E-state index is 0.0504. The van der Waals surface area contributed by atoms with Crippen LogP contribution in [0.25, 0.3) is 0 Å². The van der Waals surface area contributed by atoms with Crippen LogP contribution in [-0.2, 0) is 9.53 Å². The highest BCUT2D eigenvalue weighted by atomic mass is 16.6. The van der Waals surface area contributed by atoms with E-state index in [1.807, 2.05) is 0 Å². The molecule has 1 saturated heterocycles. The molecule has 0 spiro atoms. The van der Waals surface area contributed by atoms with E-state index in [0.29, 0.717) is 13.1 Å². The van der Waals surface area contributed by atoms with Crippen LogP contribution in [0.3, 0.4) is 0 Å². The van der Waals surface area contributed by atoms with E-state index in [4.69, 9.17) is 4.74 Å². The number of piperidine rings is 1. The second-order valence-corrected chi connectivity index (χ2v) is 3.36. The van der Waals surface area contributed by atoms with E-state index in [2.05, 4.69) is 5.32 Å². The van der Waals surface area contributed by atoms with Crippen molar-refractivity contribution in [1.82, 2.24) is 10.2 Å². The lowest BCUT2D eigenvalue weighted by Gasteiger charge is -2.30. The average Bonchev–Trinajstić information content (AvgIpc) is 2.18. The van der Waals surface area contributed by atoms with Gasteiger partial charge in [0.2, 0.25) is 5.91 Å². The maximum absolute atomic E-state index is 11.0. The van der Waals surface area contributed by atoms with Gasteiger partial charge in [0.15, 0.2) is 0 Å². The molecule has 1 aliphatic rings. The van der Waals surface area contributed by atoms with Crippen LogP contribution in [0, 0.1) is 0 Å². The first-order chi connectivity index (χ1) is 6.63. The summed E-state index contributed by atoms with van der Waals surface area (Å²) in [5.41, 5.74) is 0. The monoisotopic (exact) mass is 200 g/mol. The molecule has 0 unspecified atom stereocenters. The van der Waals surface area contributed by atoms with Gasteiger partial charge in [0.05, 0.1) is 0 Å². The predicted molar refractivity (Wildman–Crippen MR) is 50.8 cm³/mol. The van der Waals surface area contributed by atoms with Gasteiger partial charge in [-0.1, -0.05) is 0 Å². The van der Waals surface area contributed by atoms with E-state index in [0.717, 1.165) is 12.8 Å². The van der Waals surface area contributed by atoms with Crippen LogP contribution in [0.4, 0.5) is 4.79 Å². The minimum atomic E-state index is -0.397. The third-order valence-electron chi connectivity index (χ3n) is 2.37. The lowest BCUT2D eigenvalue weighted by atomic mass is 10.1. The third-order valence-corrected chi connectivity index (χ3v) is 2.37. The molecule has 0 bridgehead atoms. The summed E-state index contributed by atoms with van der Waals surface area (Å²) < 4.78 is 5.08. The summed E-state index contributed by atoms with van der Waals surface area (Å²) >= 11 is 0. The molecule has 0 aromatic rings. The SMILES string of the molecule is CNC(=O)OC1CCN(C(C)=O)CC1. The summed E-state index contributed by atoms with van der Waals surface area (Å²) in [5, 5.41) is 2.40. The molecule has 1 aliphatic heterocycles. The van der Waals surface area contributed by atoms with Gasteiger partial charge in [0, 0.05) is 39.9 Å². The Morgan fingerprint density at radius 2 is 1.93 bits per heavy atom. The summed E-state index contributed by atoms with van der Waals surface area (Å²) in [4.78, 5) is 23.6. The molecule has 0 radical (unpaired) electrons. The fraction of sp³-hybridized carbons (Fsp3) is 0.778. The Bertz CT molecular complexity index is 222. The van der Waals surface area contributed by atoms with Crippen molar-refractivity contribution in [2.75, 3.05) is 20.1 Å². The van der Waals surface area contributed by atoms with Crippen molar-refractivity contribution in [2.45, 2.75) is 25.9 Å². The van der Waals surface area contributed by atoms with E-state index in [9.17, 15) is 9.59 Å². The molecule has 14 heavy (non-hydrogen) atoms. The van der Waals surface area contributed by atoms with E-state index in [-0.39, 0.29) is 12.0 Å². The van der Waals surface area contributed by atoms with E-state index in [1.54, 1.807) is 11.8 Å². The van der Waals surface area contributed by atoms with Crippen molar-refractivity contribution in [3.8, 4) is 0 Å². The van der Waals surface area contributed by atoms with Crippen LogP contribution in [0.1, 0.15) is 19.8 Å². The van der Waals surface area contributed by atoms with Gasteiger partial charge in [0.25, 0.3) is 0 Å². The summed E-state index contributed by atoms with van der Waals surface area (Å²) in [6, 6.07) is 0. The number of carbonyl (C=O) groups excluding carboxylic acids is 2. The number of hydrogen-bond acceptors (Lipinski definition) is 3. The first-order valence-corrected chi connectivity index (χ1v) is 4.77. The quantitative estimate of drug-likeness (QED) is 0.664. The molecule has 2 amide bonds. The van der Waals surface area contributed by atoms with Crippen LogP contribution < -0.4 is 5.32 Å². The maximum atomic E-state index is 11.0. The number of nitrogens with one attached hydrogen (secondary N) is 1. The van der Waals surface area contributed by atoms with Crippen molar-refractivity contribution in [3.63, 3.8) is 0 Å². The zero-order valence-electron chi connectivity index (χ0n) is 8.58. The first kappa shape index (κ1) is 10.8. The molecule has 5 nitrogen and oxygen atoms in total. The fourth-order valence-electron chi connectivity index (χ4n) is 1.50.